The molecule has 3 aromatic carbocycles. The highest BCUT2D eigenvalue weighted by atomic mass is 35.5. The summed E-state index contributed by atoms with van der Waals surface area (Å²) >= 11 is 11.9. The smallest absolute Gasteiger partial charge is 0.323 e. The molecule has 0 aromatic heterocycles. The van der Waals surface area contributed by atoms with Crippen molar-refractivity contribution in [2.75, 3.05) is 13.1 Å². The van der Waals surface area contributed by atoms with Crippen LogP contribution in [0.1, 0.15) is 35.6 Å². The van der Waals surface area contributed by atoms with Gasteiger partial charge in [-0.05, 0) is 72.4 Å². The molecule has 0 aliphatic carbocycles. The van der Waals surface area contributed by atoms with Gasteiger partial charge in [0.2, 0.25) is 5.91 Å². The minimum Gasteiger partial charge on any atom is -0.487 e. The fourth-order valence-electron chi connectivity index (χ4n) is 4.64. The van der Waals surface area contributed by atoms with Gasteiger partial charge in [-0.2, -0.15) is 0 Å². The van der Waals surface area contributed by atoms with Gasteiger partial charge in [-0.15, -0.1) is 0 Å². The molecule has 1 N–H and O–H groups in total. The summed E-state index contributed by atoms with van der Waals surface area (Å²) in [5, 5.41) is 10.6. The molecule has 5 nitrogen and oxygen atoms in total. The molecule has 0 fully saturated rings. The van der Waals surface area contributed by atoms with E-state index in [0.717, 1.165) is 40.8 Å². The second-order valence-electron chi connectivity index (χ2n) is 9.56. The zero-order valence-corrected chi connectivity index (χ0v) is 21.7. The van der Waals surface area contributed by atoms with Crippen LogP contribution in [0.4, 0.5) is 0 Å². The van der Waals surface area contributed by atoms with E-state index in [1.165, 1.54) is 4.90 Å². The average molecular weight is 526 g/mol. The highest BCUT2D eigenvalue weighted by Crippen LogP contribution is 2.37. The molecule has 1 heterocycles. The molecule has 0 spiro atoms. The first-order chi connectivity index (χ1) is 17.2. The molecule has 1 atom stereocenters. The third-order valence-electron chi connectivity index (χ3n) is 6.43. The summed E-state index contributed by atoms with van der Waals surface area (Å²) in [6.45, 7) is 2.14. The van der Waals surface area contributed by atoms with Gasteiger partial charge in [0.25, 0.3) is 0 Å². The van der Waals surface area contributed by atoms with Gasteiger partial charge < -0.3 is 14.7 Å². The Labute approximate surface area is 221 Å². The van der Waals surface area contributed by atoms with Crippen LogP contribution in [0.2, 0.25) is 10.0 Å². The van der Waals surface area contributed by atoms with Crippen LogP contribution in [0.3, 0.4) is 0 Å². The Morgan fingerprint density at radius 2 is 1.53 bits per heavy atom. The highest BCUT2D eigenvalue weighted by Gasteiger charge is 2.35. The normalized spacial score (nSPS) is 16.3. The number of halogens is 2. The molecule has 0 radical (unpaired) electrons. The predicted octanol–water partition coefficient (Wildman–Crippen LogP) is 6.02. The van der Waals surface area contributed by atoms with Gasteiger partial charge in [0.1, 0.15) is 17.9 Å². The molecule has 0 saturated carbocycles. The van der Waals surface area contributed by atoms with E-state index in [4.69, 9.17) is 27.9 Å². The number of carboxylic acids is 1. The SMILES string of the molecule is CC1(Cc2ccc(Cl)cc2)Cc2cc(CCC(=O)N(CCc3ccc(Cl)cc3)CC(=O)O)ccc2O1. The topological polar surface area (TPSA) is 66.8 Å². The van der Waals surface area contributed by atoms with Crippen LogP contribution in [0.25, 0.3) is 0 Å². The lowest BCUT2D eigenvalue weighted by Crippen LogP contribution is -2.37. The van der Waals surface area contributed by atoms with Crippen LogP contribution in [0.15, 0.2) is 66.7 Å². The molecule has 1 aliphatic rings. The number of carboxylic acid groups (broad SMARTS) is 1. The van der Waals surface area contributed by atoms with Crippen molar-refractivity contribution in [2.45, 2.75) is 44.6 Å². The monoisotopic (exact) mass is 525 g/mol. The molecule has 1 aliphatic heterocycles. The number of hydrogen-bond donors (Lipinski definition) is 1. The lowest BCUT2D eigenvalue weighted by atomic mass is 9.91. The van der Waals surface area contributed by atoms with Gasteiger partial charge in [-0.3, -0.25) is 9.59 Å². The first-order valence-corrected chi connectivity index (χ1v) is 12.7. The zero-order chi connectivity index (χ0) is 25.7. The van der Waals surface area contributed by atoms with Gasteiger partial charge in [0.05, 0.1) is 0 Å². The molecular weight excluding hydrogens is 497 g/mol. The number of amides is 1. The third kappa shape index (κ3) is 7.02. The van der Waals surface area contributed by atoms with E-state index < -0.39 is 5.97 Å². The van der Waals surface area contributed by atoms with Crippen molar-refractivity contribution in [3.05, 3.63) is 99.0 Å². The maximum atomic E-state index is 12.9. The van der Waals surface area contributed by atoms with E-state index in [1.807, 2.05) is 48.5 Å². The Morgan fingerprint density at radius 3 is 2.17 bits per heavy atom. The Balaban J connectivity index is 1.35. The molecular formula is C29H29Cl2NO4. The number of aliphatic carboxylic acids is 1. The molecule has 0 bridgehead atoms. The summed E-state index contributed by atoms with van der Waals surface area (Å²) in [7, 11) is 0. The molecule has 0 saturated heterocycles. The summed E-state index contributed by atoms with van der Waals surface area (Å²) in [5.41, 5.74) is 3.99. The Bertz CT molecular complexity index is 1230. The Morgan fingerprint density at radius 1 is 0.917 bits per heavy atom. The summed E-state index contributed by atoms with van der Waals surface area (Å²) in [5.74, 6) is -0.318. The second-order valence-corrected chi connectivity index (χ2v) is 10.4. The first-order valence-electron chi connectivity index (χ1n) is 12.0. The highest BCUT2D eigenvalue weighted by molar-refractivity contribution is 6.30. The molecule has 188 valence electrons. The molecule has 36 heavy (non-hydrogen) atoms. The maximum Gasteiger partial charge on any atom is 0.323 e. The molecule has 3 aromatic rings. The van der Waals surface area contributed by atoms with Crippen molar-refractivity contribution in [2.24, 2.45) is 0 Å². The lowest BCUT2D eigenvalue weighted by molar-refractivity contribution is -0.144. The van der Waals surface area contributed by atoms with Crippen LogP contribution in [-0.4, -0.2) is 40.6 Å². The van der Waals surface area contributed by atoms with Crippen LogP contribution in [0.5, 0.6) is 5.75 Å². The summed E-state index contributed by atoms with van der Waals surface area (Å²) in [4.78, 5) is 25.7. The number of carbonyl (C=O) groups excluding carboxylic acids is 1. The maximum absolute atomic E-state index is 12.9. The quantitative estimate of drug-likeness (QED) is 0.351. The van der Waals surface area contributed by atoms with Crippen molar-refractivity contribution >= 4 is 35.1 Å². The van der Waals surface area contributed by atoms with Gasteiger partial charge in [-0.25, -0.2) is 0 Å². The summed E-state index contributed by atoms with van der Waals surface area (Å²) < 4.78 is 6.29. The predicted molar refractivity (Wildman–Crippen MR) is 142 cm³/mol. The Kier molecular flexibility index (Phi) is 8.22. The van der Waals surface area contributed by atoms with Crippen molar-refractivity contribution in [3.63, 3.8) is 0 Å². The minimum absolute atomic E-state index is 0.171. The summed E-state index contributed by atoms with van der Waals surface area (Å²) in [6, 6.07) is 21.2. The largest absolute Gasteiger partial charge is 0.487 e. The number of fused-ring (bicyclic) bond motifs is 1. The number of ether oxygens (including phenoxy) is 1. The number of carbonyl (C=O) groups is 2. The van der Waals surface area contributed by atoms with E-state index in [2.05, 4.69) is 13.0 Å². The number of rotatable bonds is 10. The fourth-order valence-corrected chi connectivity index (χ4v) is 4.89. The van der Waals surface area contributed by atoms with Crippen molar-refractivity contribution < 1.29 is 19.4 Å². The van der Waals surface area contributed by atoms with Crippen LogP contribution in [-0.2, 0) is 35.3 Å². The number of nitrogens with zero attached hydrogens (tertiary/aromatic N) is 1. The number of benzene rings is 3. The zero-order valence-electron chi connectivity index (χ0n) is 20.2. The third-order valence-corrected chi connectivity index (χ3v) is 6.93. The first kappa shape index (κ1) is 26.1. The number of aryl methyl sites for hydroxylation is 1. The van der Waals surface area contributed by atoms with E-state index in [9.17, 15) is 14.7 Å². The molecule has 7 heteroatoms. The number of hydrogen-bond acceptors (Lipinski definition) is 3. The lowest BCUT2D eigenvalue weighted by Gasteiger charge is -2.24. The van der Waals surface area contributed by atoms with Crippen molar-refractivity contribution in [1.82, 2.24) is 4.90 Å². The van der Waals surface area contributed by atoms with Gasteiger partial charge >= 0.3 is 5.97 Å². The van der Waals surface area contributed by atoms with Crippen LogP contribution in [0, 0.1) is 0 Å². The average Bonchev–Trinajstić information content (AvgIpc) is 3.17. The van der Waals surface area contributed by atoms with Crippen molar-refractivity contribution in [3.8, 4) is 5.75 Å². The minimum atomic E-state index is -1.02. The molecule has 4 rings (SSSR count). The van der Waals surface area contributed by atoms with E-state index in [1.54, 1.807) is 12.1 Å². The van der Waals surface area contributed by atoms with Crippen LogP contribution < -0.4 is 4.74 Å². The van der Waals surface area contributed by atoms with E-state index in [-0.39, 0.29) is 24.5 Å². The fraction of sp³-hybridized carbons (Fsp3) is 0.310. The second kappa shape index (κ2) is 11.4. The van der Waals surface area contributed by atoms with Crippen LogP contribution >= 0.6 is 23.2 Å². The van der Waals surface area contributed by atoms with Gasteiger partial charge in [0.15, 0.2) is 0 Å². The van der Waals surface area contributed by atoms with E-state index in [0.29, 0.717) is 29.4 Å². The van der Waals surface area contributed by atoms with E-state index >= 15 is 0 Å². The standard InChI is InChI=1S/C29H29Cl2NO4/c1-29(17-22-4-10-25(31)11-5-22)18-23-16-21(6-12-26(23)36-29)7-13-27(33)32(19-28(34)35)15-14-20-2-8-24(30)9-3-20/h2-6,8-12,16H,7,13-15,17-19H2,1H3,(H,34,35). The molecule has 1 unspecified atom stereocenters. The Hall–Kier alpha value is -3.02. The van der Waals surface area contributed by atoms with Gasteiger partial charge in [0, 0.05) is 35.9 Å². The summed E-state index contributed by atoms with van der Waals surface area (Å²) in [6.07, 6.45) is 2.90. The van der Waals surface area contributed by atoms with Crippen molar-refractivity contribution in [1.29, 1.82) is 0 Å². The molecule has 1 amide bonds. The van der Waals surface area contributed by atoms with Gasteiger partial charge in [-0.1, -0.05) is 59.6 Å².